The second-order valence-electron chi connectivity index (χ2n) is 4.85. The number of hydrogen-bond acceptors (Lipinski definition) is 4. The van der Waals surface area contributed by atoms with Crippen LogP contribution >= 0.6 is 0 Å². The number of nitrogen functional groups attached to an aromatic ring is 1. The topological polar surface area (TPSA) is 89.4 Å². The number of benzene rings is 2. The number of hydrogen-bond donors (Lipinski definition) is 2. The van der Waals surface area contributed by atoms with Gasteiger partial charge >= 0.3 is 0 Å². The standard InChI is InChI=1S/C15H19N3O2S/c1-3-18(12-6-4-5-11(2)9-12)15-10-13(21(17,19)20)7-8-14(15)16/h4-10H,3,16H2,1-2H3,(H2,17,19,20). The SMILES string of the molecule is CCN(c1cccc(C)c1)c1cc(S(N)(=O)=O)ccc1N. The highest BCUT2D eigenvalue weighted by Crippen LogP contribution is 2.32. The molecule has 0 spiro atoms. The van der Waals surface area contributed by atoms with Crippen LogP contribution in [-0.2, 0) is 10.0 Å². The van der Waals surface area contributed by atoms with E-state index in [1.54, 1.807) is 6.07 Å². The van der Waals surface area contributed by atoms with E-state index >= 15 is 0 Å². The van der Waals surface area contributed by atoms with Crippen LogP contribution in [0.5, 0.6) is 0 Å². The predicted molar refractivity (Wildman–Crippen MR) is 86.1 cm³/mol. The van der Waals surface area contributed by atoms with Crippen molar-refractivity contribution in [1.82, 2.24) is 0 Å². The Hall–Kier alpha value is -2.05. The Bertz CT molecular complexity index is 757. The number of primary sulfonamides is 1. The van der Waals surface area contributed by atoms with Gasteiger partial charge in [0.05, 0.1) is 16.3 Å². The minimum absolute atomic E-state index is 0.0535. The Labute approximate surface area is 125 Å². The van der Waals surface area contributed by atoms with Crippen LogP contribution in [0.25, 0.3) is 0 Å². The second-order valence-corrected chi connectivity index (χ2v) is 6.41. The van der Waals surface area contributed by atoms with E-state index in [1.807, 2.05) is 43.0 Å². The average molecular weight is 305 g/mol. The van der Waals surface area contributed by atoms with Gasteiger partial charge in [0.25, 0.3) is 0 Å². The molecule has 0 atom stereocenters. The van der Waals surface area contributed by atoms with Crippen LogP contribution in [0.4, 0.5) is 17.1 Å². The van der Waals surface area contributed by atoms with Gasteiger partial charge in [-0.2, -0.15) is 0 Å². The molecule has 0 aliphatic rings. The number of nitrogens with zero attached hydrogens (tertiary/aromatic N) is 1. The Morgan fingerprint density at radius 1 is 1.14 bits per heavy atom. The molecular formula is C15H19N3O2S. The van der Waals surface area contributed by atoms with Crippen molar-refractivity contribution in [3.8, 4) is 0 Å². The molecule has 0 unspecified atom stereocenters. The third kappa shape index (κ3) is 3.34. The lowest BCUT2D eigenvalue weighted by Crippen LogP contribution is -2.19. The molecule has 5 nitrogen and oxygen atoms in total. The summed E-state index contributed by atoms with van der Waals surface area (Å²) in [6.45, 7) is 4.63. The molecule has 6 heteroatoms. The Balaban J connectivity index is 2.57. The smallest absolute Gasteiger partial charge is 0.238 e. The van der Waals surface area contributed by atoms with Gasteiger partial charge in [-0.15, -0.1) is 0 Å². The summed E-state index contributed by atoms with van der Waals surface area (Å²) in [7, 11) is -3.76. The average Bonchev–Trinajstić information content (AvgIpc) is 2.40. The summed E-state index contributed by atoms with van der Waals surface area (Å²) in [5.74, 6) is 0. The fourth-order valence-corrected chi connectivity index (χ4v) is 2.76. The molecule has 0 heterocycles. The van der Waals surface area contributed by atoms with E-state index in [0.29, 0.717) is 17.9 Å². The van der Waals surface area contributed by atoms with E-state index in [0.717, 1.165) is 11.3 Å². The third-order valence-electron chi connectivity index (χ3n) is 3.25. The fourth-order valence-electron chi connectivity index (χ4n) is 2.22. The van der Waals surface area contributed by atoms with E-state index < -0.39 is 10.0 Å². The highest BCUT2D eigenvalue weighted by Gasteiger charge is 2.15. The van der Waals surface area contributed by atoms with Gasteiger partial charge in [0, 0.05) is 12.2 Å². The second kappa shape index (κ2) is 5.75. The van der Waals surface area contributed by atoms with Crippen LogP contribution in [0, 0.1) is 6.92 Å². The van der Waals surface area contributed by atoms with Crippen molar-refractivity contribution < 1.29 is 8.42 Å². The largest absolute Gasteiger partial charge is 0.397 e. The number of sulfonamides is 1. The first-order valence-corrected chi connectivity index (χ1v) is 8.14. The lowest BCUT2D eigenvalue weighted by atomic mass is 10.1. The van der Waals surface area contributed by atoms with Gasteiger partial charge in [-0.1, -0.05) is 12.1 Å². The Morgan fingerprint density at radius 2 is 1.86 bits per heavy atom. The van der Waals surface area contributed by atoms with Crippen molar-refractivity contribution >= 4 is 27.1 Å². The summed E-state index contributed by atoms with van der Waals surface area (Å²) < 4.78 is 23.0. The first-order valence-electron chi connectivity index (χ1n) is 6.59. The van der Waals surface area contributed by atoms with Crippen LogP contribution in [0.2, 0.25) is 0 Å². The molecule has 0 saturated carbocycles. The van der Waals surface area contributed by atoms with Gasteiger partial charge in [-0.3, -0.25) is 0 Å². The minimum atomic E-state index is -3.76. The van der Waals surface area contributed by atoms with Crippen LogP contribution in [0.1, 0.15) is 12.5 Å². The summed E-state index contributed by atoms with van der Waals surface area (Å²) >= 11 is 0. The number of aryl methyl sites for hydroxylation is 1. The fraction of sp³-hybridized carbons (Fsp3) is 0.200. The summed E-state index contributed by atoms with van der Waals surface area (Å²) in [5, 5.41) is 5.19. The summed E-state index contributed by atoms with van der Waals surface area (Å²) in [6.07, 6.45) is 0. The van der Waals surface area contributed by atoms with E-state index in [2.05, 4.69) is 0 Å². The molecule has 0 amide bonds. The van der Waals surface area contributed by atoms with Crippen molar-refractivity contribution in [3.05, 3.63) is 48.0 Å². The maximum absolute atomic E-state index is 11.5. The summed E-state index contributed by atoms with van der Waals surface area (Å²) in [4.78, 5) is 2.01. The number of anilines is 3. The van der Waals surface area contributed by atoms with Gasteiger partial charge in [0.2, 0.25) is 10.0 Å². The molecule has 2 aromatic rings. The quantitative estimate of drug-likeness (QED) is 0.849. The van der Waals surface area contributed by atoms with E-state index in [1.165, 1.54) is 12.1 Å². The summed E-state index contributed by atoms with van der Waals surface area (Å²) in [6, 6.07) is 12.4. The van der Waals surface area contributed by atoms with E-state index in [9.17, 15) is 8.42 Å². The zero-order valence-corrected chi connectivity index (χ0v) is 12.9. The third-order valence-corrected chi connectivity index (χ3v) is 4.16. The number of nitrogens with two attached hydrogens (primary N) is 2. The van der Waals surface area contributed by atoms with Crippen molar-refractivity contribution in [2.24, 2.45) is 5.14 Å². The maximum atomic E-state index is 11.5. The molecule has 21 heavy (non-hydrogen) atoms. The first kappa shape index (κ1) is 15.3. The molecule has 0 aliphatic carbocycles. The van der Waals surface area contributed by atoms with Crippen molar-refractivity contribution in [2.75, 3.05) is 17.2 Å². The molecular weight excluding hydrogens is 286 g/mol. The lowest BCUT2D eigenvalue weighted by Gasteiger charge is -2.25. The van der Waals surface area contributed by atoms with Crippen molar-refractivity contribution in [1.29, 1.82) is 0 Å². The van der Waals surface area contributed by atoms with Crippen LogP contribution in [0.15, 0.2) is 47.4 Å². The monoisotopic (exact) mass is 305 g/mol. The van der Waals surface area contributed by atoms with Gasteiger partial charge in [-0.05, 0) is 49.7 Å². The highest BCUT2D eigenvalue weighted by atomic mass is 32.2. The van der Waals surface area contributed by atoms with Gasteiger partial charge in [0.15, 0.2) is 0 Å². The van der Waals surface area contributed by atoms with Crippen molar-refractivity contribution in [2.45, 2.75) is 18.7 Å². The Kier molecular flexibility index (Phi) is 4.20. The van der Waals surface area contributed by atoms with Gasteiger partial charge in [-0.25, -0.2) is 13.6 Å². The molecule has 112 valence electrons. The molecule has 0 aromatic heterocycles. The zero-order valence-electron chi connectivity index (χ0n) is 12.1. The van der Waals surface area contributed by atoms with E-state index in [4.69, 9.17) is 10.9 Å². The number of rotatable bonds is 4. The van der Waals surface area contributed by atoms with Gasteiger partial charge < -0.3 is 10.6 Å². The molecule has 0 saturated heterocycles. The normalized spacial score (nSPS) is 11.4. The maximum Gasteiger partial charge on any atom is 0.238 e. The molecule has 4 N–H and O–H groups in total. The van der Waals surface area contributed by atoms with Crippen molar-refractivity contribution in [3.63, 3.8) is 0 Å². The highest BCUT2D eigenvalue weighted by molar-refractivity contribution is 7.89. The molecule has 2 aromatic carbocycles. The van der Waals surface area contributed by atoms with Crippen LogP contribution < -0.4 is 15.8 Å². The first-order chi connectivity index (χ1) is 9.82. The minimum Gasteiger partial charge on any atom is -0.397 e. The molecule has 0 fully saturated rings. The van der Waals surface area contributed by atoms with Crippen LogP contribution in [0.3, 0.4) is 0 Å². The molecule has 0 radical (unpaired) electrons. The Morgan fingerprint density at radius 3 is 2.43 bits per heavy atom. The summed E-state index contributed by atoms with van der Waals surface area (Å²) in [5.41, 5.74) is 9.22. The zero-order chi connectivity index (χ0) is 15.6. The molecule has 0 bridgehead atoms. The molecule has 0 aliphatic heterocycles. The van der Waals surface area contributed by atoms with Crippen LogP contribution in [-0.4, -0.2) is 15.0 Å². The molecule has 2 rings (SSSR count). The predicted octanol–water partition coefficient (Wildman–Crippen LogP) is 2.38. The van der Waals surface area contributed by atoms with Gasteiger partial charge in [0.1, 0.15) is 0 Å². The van der Waals surface area contributed by atoms with E-state index in [-0.39, 0.29) is 4.90 Å². The lowest BCUT2D eigenvalue weighted by molar-refractivity contribution is 0.598.